The van der Waals surface area contributed by atoms with Crippen molar-refractivity contribution in [2.24, 2.45) is 0 Å². The molecule has 18 heavy (non-hydrogen) atoms. The summed E-state index contributed by atoms with van der Waals surface area (Å²) in [6.45, 7) is 6.50. The summed E-state index contributed by atoms with van der Waals surface area (Å²) in [7, 11) is 0. The topological polar surface area (TPSA) is 32.9 Å². The second kappa shape index (κ2) is 3.71. The quantitative estimate of drug-likeness (QED) is 0.811. The van der Waals surface area contributed by atoms with Crippen LogP contribution in [0.4, 0.5) is 0 Å². The van der Waals surface area contributed by atoms with Crippen LogP contribution in [-0.4, -0.2) is 4.98 Å². The fraction of sp³-hybridized carbons (Fsp3) is 0.438. The van der Waals surface area contributed by atoms with E-state index >= 15 is 0 Å². The number of hydrogen-bond donors (Lipinski definition) is 1. The highest BCUT2D eigenvalue weighted by molar-refractivity contribution is 5.79. The van der Waals surface area contributed by atoms with Crippen LogP contribution in [0.2, 0.25) is 0 Å². The minimum Gasteiger partial charge on any atom is -0.358 e. The van der Waals surface area contributed by atoms with Crippen LogP contribution in [0.3, 0.4) is 0 Å². The highest BCUT2D eigenvalue weighted by atomic mass is 16.1. The molecule has 94 valence electrons. The van der Waals surface area contributed by atoms with Gasteiger partial charge in [0.15, 0.2) is 5.43 Å². The molecule has 1 saturated carbocycles. The lowest BCUT2D eigenvalue weighted by Gasteiger charge is -2.19. The third-order valence-corrected chi connectivity index (χ3v) is 3.73. The molecule has 2 nitrogen and oxygen atoms in total. The summed E-state index contributed by atoms with van der Waals surface area (Å²) in [6, 6.07) is 7.98. The third kappa shape index (κ3) is 1.96. The van der Waals surface area contributed by atoms with Crippen molar-refractivity contribution in [3.05, 3.63) is 45.7 Å². The molecule has 0 spiro atoms. The van der Waals surface area contributed by atoms with Crippen LogP contribution < -0.4 is 5.43 Å². The van der Waals surface area contributed by atoms with Gasteiger partial charge in [0.05, 0.1) is 0 Å². The molecule has 3 rings (SSSR count). The van der Waals surface area contributed by atoms with Gasteiger partial charge in [0.1, 0.15) is 0 Å². The molecule has 0 amide bonds. The Bertz CT molecular complexity index is 657. The third-order valence-electron chi connectivity index (χ3n) is 3.73. The lowest BCUT2D eigenvalue weighted by molar-refractivity contribution is 0.591. The van der Waals surface area contributed by atoms with Gasteiger partial charge in [-0.05, 0) is 41.9 Å². The monoisotopic (exact) mass is 241 g/mol. The number of benzene rings is 1. The van der Waals surface area contributed by atoms with Gasteiger partial charge < -0.3 is 4.98 Å². The van der Waals surface area contributed by atoms with Crippen LogP contribution in [0, 0.1) is 0 Å². The summed E-state index contributed by atoms with van der Waals surface area (Å²) in [5.41, 5.74) is 3.51. The molecule has 0 saturated heterocycles. The Balaban J connectivity index is 2.20. The van der Waals surface area contributed by atoms with Crippen LogP contribution in [0.15, 0.2) is 29.1 Å². The Morgan fingerprint density at radius 2 is 1.89 bits per heavy atom. The van der Waals surface area contributed by atoms with Crippen molar-refractivity contribution in [1.82, 2.24) is 4.98 Å². The van der Waals surface area contributed by atoms with Gasteiger partial charge in [-0.25, -0.2) is 0 Å². The van der Waals surface area contributed by atoms with Crippen molar-refractivity contribution < 1.29 is 0 Å². The second-order valence-corrected chi connectivity index (χ2v) is 6.37. The number of aromatic nitrogens is 1. The first-order valence-electron chi connectivity index (χ1n) is 6.62. The molecule has 1 aliphatic rings. The number of H-pyrrole nitrogens is 1. The number of nitrogens with one attached hydrogen (secondary N) is 1. The van der Waals surface area contributed by atoms with Crippen molar-refractivity contribution in [3.63, 3.8) is 0 Å². The van der Waals surface area contributed by atoms with E-state index in [-0.39, 0.29) is 10.8 Å². The van der Waals surface area contributed by atoms with Crippen molar-refractivity contribution in [2.45, 2.75) is 44.9 Å². The largest absolute Gasteiger partial charge is 0.358 e. The molecule has 0 bridgehead atoms. The van der Waals surface area contributed by atoms with Crippen LogP contribution >= 0.6 is 0 Å². The molecule has 2 heteroatoms. The predicted molar refractivity (Wildman–Crippen MR) is 75.2 cm³/mol. The standard InChI is InChI=1S/C16H19NO/c1-16(2,3)11-6-7-13-12(8-11)15(18)9-14(17-13)10-4-5-10/h6-10H,4-5H2,1-3H3,(H,17,18). The van der Waals surface area contributed by atoms with E-state index in [1.54, 1.807) is 6.07 Å². The molecule has 2 aromatic rings. The van der Waals surface area contributed by atoms with E-state index in [1.807, 2.05) is 12.1 Å². The highest BCUT2D eigenvalue weighted by Gasteiger charge is 2.25. The smallest absolute Gasteiger partial charge is 0.189 e. The van der Waals surface area contributed by atoms with Gasteiger partial charge in [0, 0.05) is 22.7 Å². The number of aromatic amines is 1. The predicted octanol–water partition coefficient (Wildman–Crippen LogP) is 3.70. The zero-order valence-corrected chi connectivity index (χ0v) is 11.2. The van der Waals surface area contributed by atoms with Gasteiger partial charge in [-0.3, -0.25) is 4.79 Å². The molecule has 1 fully saturated rings. The number of hydrogen-bond acceptors (Lipinski definition) is 1. The van der Waals surface area contributed by atoms with Gasteiger partial charge in [-0.1, -0.05) is 26.8 Å². The molecule has 1 aliphatic carbocycles. The molecule has 1 heterocycles. The lowest BCUT2D eigenvalue weighted by atomic mass is 9.86. The zero-order valence-electron chi connectivity index (χ0n) is 11.2. The summed E-state index contributed by atoms with van der Waals surface area (Å²) < 4.78 is 0. The number of rotatable bonds is 1. The maximum Gasteiger partial charge on any atom is 0.189 e. The van der Waals surface area contributed by atoms with Crippen molar-refractivity contribution in [1.29, 1.82) is 0 Å². The van der Waals surface area contributed by atoms with Gasteiger partial charge in [-0.15, -0.1) is 0 Å². The van der Waals surface area contributed by atoms with E-state index in [0.717, 1.165) is 16.6 Å². The lowest BCUT2D eigenvalue weighted by Crippen LogP contribution is -2.12. The maximum absolute atomic E-state index is 12.2. The second-order valence-electron chi connectivity index (χ2n) is 6.37. The van der Waals surface area contributed by atoms with Crippen molar-refractivity contribution in [3.8, 4) is 0 Å². The Hall–Kier alpha value is -1.57. The molecule has 1 N–H and O–H groups in total. The molecular formula is C16H19NO. The number of pyridine rings is 1. The summed E-state index contributed by atoms with van der Waals surface area (Å²) in [5.74, 6) is 0.587. The Morgan fingerprint density at radius 1 is 1.17 bits per heavy atom. The van der Waals surface area contributed by atoms with Crippen molar-refractivity contribution >= 4 is 10.9 Å². The van der Waals surface area contributed by atoms with E-state index in [2.05, 4.69) is 31.8 Å². The summed E-state index contributed by atoms with van der Waals surface area (Å²) in [5, 5.41) is 0.812. The SMILES string of the molecule is CC(C)(C)c1ccc2[nH]c(C3CC3)cc(=O)c2c1. The maximum atomic E-state index is 12.2. The van der Waals surface area contributed by atoms with E-state index in [9.17, 15) is 4.79 Å². The Labute approximate surface area is 107 Å². The first-order valence-corrected chi connectivity index (χ1v) is 6.62. The highest BCUT2D eigenvalue weighted by Crippen LogP contribution is 2.38. The minimum absolute atomic E-state index is 0.0792. The minimum atomic E-state index is 0.0792. The Kier molecular flexibility index (Phi) is 2.37. The summed E-state index contributed by atoms with van der Waals surface area (Å²) in [6.07, 6.45) is 2.42. The van der Waals surface area contributed by atoms with Gasteiger partial charge in [0.25, 0.3) is 0 Å². The van der Waals surface area contributed by atoms with Crippen LogP contribution in [0.1, 0.15) is 50.8 Å². The van der Waals surface area contributed by atoms with Crippen LogP contribution in [0.5, 0.6) is 0 Å². The van der Waals surface area contributed by atoms with E-state index in [0.29, 0.717) is 5.92 Å². The first kappa shape index (κ1) is 11.5. The molecule has 1 aromatic carbocycles. The Morgan fingerprint density at radius 3 is 2.50 bits per heavy atom. The summed E-state index contributed by atoms with van der Waals surface area (Å²) in [4.78, 5) is 15.6. The fourth-order valence-corrected chi connectivity index (χ4v) is 2.35. The van der Waals surface area contributed by atoms with Gasteiger partial charge >= 0.3 is 0 Å². The fourth-order valence-electron chi connectivity index (χ4n) is 2.35. The van der Waals surface area contributed by atoms with Crippen molar-refractivity contribution in [2.75, 3.05) is 0 Å². The van der Waals surface area contributed by atoms with Gasteiger partial charge in [0.2, 0.25) is 0 Å². The van der Waals surface area contributed by atoms with Crippen LogP contribution in [0.25, 0.3) is 10.9 Å². The normalized spacial score (nSPS) is 16.2. The first-order chi connectivity index (χ1) is 8.45. The van der Waals surface area contributed by atoms with E-state index in [1.165, 1.54) is 18.4 Å². The average molecular weight is 241 g/mol. The molecule has 0 aliphatic heterocycles. The van der Waals surface area contributed by atoms with E-state index in [4.69, 9.17) is 0 Å². The average Bonchev–Trinajstić information content (AvgIpc) is 3.11. The van der Waals surface area contributed by atoms with Crippen LogP contribution in [-0.2, 0) is 5.41 Å². The molecule has 0 radical (unpaired) electrons. The molecular weight excluding hydrogens is 222 g/mol. The van der Waals surface area contributed by atoms with E-state index < -0.39 is 0 Å². The molecule has 0 unspecified atom stereocenters. The zero-order chi connectivity index (χ0) is 12.9. The summed E-state index contributed by atoms with van der Waals surface area (Å²) >= 11 is 0. The molecule has 0 atom stereocenters. The van der Waals surface area contributed by atoms with Gasteiger partial charge in [-0.2, -0.15) is 0 Å². The number of fused-ring (bicyclic) bond motifs is 1. The molecule has 1 aromatic heterocycles.